The summed E-state index contributed by atoms with van der Waals surface area (Å²) in [4.78, 5) is 12.7. The van der Waals surface area contributed by atoms with Gasteiger partial charge >= 0.3 is 5.97 Å². The van der Waals surface area contributed by atoms with Crippen LogP contribution < -0.4 is 4.74 Å². The summed E-state index contributed by atoms with van der Waals surface area (Å²) in [7, 11) is -1.39. The zero-order valence-electron chi connectivity index (χ0n) is 13.5. The molecule has 0 amide bonds. The van der Waals surface area contributed by atoms with Gasteiger partial charge in [-0.2, -0.15) is 0 Å². The topological polar surface area (TPSA) is 26.3 Å². The molecule has 3 heteroatoms. The first-order chi connectivity index (χ1) is 9.19. The summed E-state index contributed by atoms with van der Waals surface area (Å²) in [6.07, 6.45) is 2.02. The summed E-state index contributed by atoms with van der Waals surface area (Å²) in [6, 6.07) is 10.2. The molecule has 1 aromatic carbocycles. The molecule has 2 nitrogen and oxygen atoms in total. The number of para-hydroxylation sites is 1. The predicted molar refractivity (Wildman–Crippen MR) is 87.8 cm³/mol. The number of carbonyl (C=O) groups excluding carboxylic acids is 1. The van der Waals surface area contributed by atoms with Crippen LogP contribution in [0.2, 0.25) is 25.7 Å². The third-order valence-corrected chi connectivity index (χ3v) is 5.36. The number of allylic oxidation sites excluding steroid dienone is 1. The van der Waals surface area contributed by atoms with Crippen molar-refractivity contribution in [3.05, 3.63) is 42.0 Å². The molecule has 0 saturated heterocycles. The maximum Gasteiger partial charge on any atom is 0.321 e. The fraction of sp³-hybridized carbons (Fsp3) is 0.471. The maximum absolute atomic E-state index is 12.7. The molecule has 0 aliphatic carbocycles. The fourth-order valence-corrected chi connectivity index (χ4v) is 5.00. The van der Waals surface area contributed by atoms with E-state index in [2.05, 4.69) is 19.6 Å². The highest BCUT2D eigenvalue weighted by molar-refractivity contribution is 6.76. The molecule has 0 aliphatic rings. The van der Waals surface area contributed by atoms with Crippen molar-refractivity contribution in [3.63, 3.8) is 0 Å². The number of benzene rings is 1. The van der Waals surface area contributed by atoms with E-state index in [4.69, 9.17) is 4.74 Å². The highest BCUT2D eigenvalue weighted by Gasteiger charge is 2.40. The number of hydrogen-bond acceptors (Lipinski definition) is 2. The second-order valence-electron chi connectivity index (χ2n) is 6.74. The number of carbonyl (C=O) groups is 1. The predicted octanol–water partition coefficient (Wildman–Crippen LogP) is 4.90. The zero-order valence-corrected chi connectivity index (χ0v) is 14.5. The van der Waals surface area contributed by atoms with Crippen LogP contribution >= 0.6 is 0 Å². The molecule has 1 rings (SSSR count). The molecule has 20 heavy (non-hydrogen) atoms. The van der Waals surface area contributed by atoms with E-state index in [1.807, 2.05) is 57.2 Å². The Labute approximate surface area is 123 Å². The van der Waals surface area contributed by atoms with Gasteiger partial charge in [0.2, 0.25) is 0 Å². The minimum atomic E-state index is -1.39. The van der Waals surface area contributed by atoms with Gasteiger partial charge in [0.1, 0.15) is 5.75 Å². The van der Waals surface area contributed by atoms with Gasteiger partial charge in [-0.05, 0) is 38.9 Å². The maximum atomic E-state index is 12.7. The van der Waals surface area contributed by atoms with Crippen LogP contribution in [0.3, 0.4) is 0 Å². The molecule has 110 valence electrons. The fourth-order valence-electron chi connectivity index (χ4n) is 2.46. The van der Waals surface area contributed by atoms with Crippen molar-refractivity contribution in [2.24, 2.45) is 5.41 Å². The van der Waals surface area contributed by atoms with Gasteiger partial charge in [0.05, 0.1) is 5.41 Å². The van der Waals surface area contributed by atoms with Gasteiger partial charge in [0.25, 0.3) is 0 Å². The molecule has 0 aromatic heterocycles. The number of rotatable bonds is 5. The van der Waals surface area contributed by atoms with E-state index >= 15 is 0 Å². The number of ether oxygens (including phenoxy) is 1. The lowest BCUT2D eigenvalue weighted by Gasteiger charge is -2.33. The van der Waals surface area contributed by atoms with Crippen LogP contribution in [0, 0.1) is 5.41 Å². The van der Waals surface area contributed by atoms with Crippen LogP contribution in [0.1, 0.15) is 20.8 Å². The van der Waals surface area contributed by atoms with Gasteiger partial charge < -0.3 is 4.74 Å². The Hall–Kier alpha value is -1.35. The zero-order chi connectivity index (χ0) is 15.4. The SMILES string of the molecule is C/C=C(\C)C(C)(C[Si](C)(C)C)C(=O)Oc1ccccc1. The molecule has 0 saturated carbocycles. The van der Waals surface area contributed by atoms with E-state index in [1.54, 1.807) is 0 Å². The lowest BCUT2D eigenvalue weighted by atomic mass is 9.84. The standard InChI is InChI=1S/C17H26O2Si/c1-7-14(2)17(3,13-20(4,5)6)16(18)19-15-11-9-8-10-12-15/h7-12H,13H2,1-6H3/b14-7+. The lowest BCUT2D eigenvalue weighted by Crippen LogP contribution is -2.40. The molecule has 0 radical (unpaired) electrons. The van der Waals surface area contributed by atoms with Gasteiger partial charge in [0, 0.05) is 8.07 Å². The van der Waals surface area contributed by atoms with Crippen molar-refractivity contribution in [2.75, 3.05) is 0 Å². The van der Waals surface area contributed by atoms with Crippen LogP contribution in [-0.2, 0) is 4.79 Å². The second-order valence-corrected chi connectivity index (χ2v) is 12.2. The Morgan fingerprint density at radius 1 is 1.25 bits per heavy atom. The average molecular weight is 290 g/mol. The largest absolute Gasteiger partial charge is 0.426 e. The Kier molecular flexibility index (Phi) is 5.34. The van der Waals surface area contributed by atoms with Crippen LogP contribution in [0.4, 0.5) is 0 Å². The van der Waals surface area contributed by atoms with Crippen LogP contribution in [0.15, 0.2) is 42.0 Å². The summed E-state index contributed by atoms with van der Waals surface area (Å²) in [6.45, 7) is 12.9. The first-order valence-corrected chi connectivity index (χ1v) is 10.8. The monoisotopic (exact) mass is 290 g/mol. The normalized spacial score (nSPS) is 15.6. The van der Waals surface area contributed by atoms with E-state index in [-0.39, 0.29) is 5.97 Å². The van der Waals surface area contributed by atoms with Gasteiger partial charge in [-0.1, -0.05) is 49.5 Å². The molecular weight excluding hydrogens is 264 g/mol. The molecule has 0 fully saturated rings. The van der Waals surface area contributed by atoms with Crippen molar-refractivity contribution < 1.29 is 9.53 Å². The number of hydrogen-bond donors (Lipinski definition) is 0. The summed E-state index contributed by atoms with van der Waals surface area (Å²) < 4.78 is 5.59. The van der Waals surface area contributed by atoms with Gasteiger partial charge in [0.15, 0.2) is 0 Å². The molecule has 1 aromatic rings. The van der Waals surface area contributed by atoms with Gasteiger partial charge in [-0.3, -0.25) is 4.79 Å². The smallest absolute Gasteiger partial charge is 0.321 e. The summed E-state index contributed by atoms with van der Waals surface area (Å²) >= 11 is 0. The molecule has 0 spiro atoms. The average Bonchev–Trinajstić information content (AvgIpc) is 2.36. The Morgan fingerprint density at radius 2 is 1.80 bits per heavy atom. The Bertz CT molecular complexity index is 485. The highest BCUT2D eigenvalue weighted by atomic mass is 28.3. The molecule has 0 aliphatic heterocycles. The van der Waals surface area contributed by atoms with E-state index in [1.165, 1.54) is 0 Å². The number of esters is 1. The molecule has 0 bridgehead atoms. The summed E-state index contributed by atoms with van der Waals surface area (Å²) in [5.74, 6) is 0.463. The van der Waals surface area contributed by atoms with Gasteiger partial charge in [-0.15, -0.1) is 0 Å². The summed E-state index contributed by atoms with van der Waals surface area (Å²) in [5.41, 5.74) is 0.551. The van der Waals surface area contributed by atoms with Crippen molar-refractivity contribution in [2.45, 2.75) is 46.5 Å². The van der Waals surface area contributed by atoms with Crippen molar-refractivity contribution in [1.82, 2.24) is 0 Å². The first-order valence-electron chi connectivity index (χ1n) is 7.10. The Balaban J connectivity index is 3.02. The molecule has 1 atom stereocenters. The molecule has 1 unspecified atom stereocenters. The van der Waals surface area contributed by atoms with E-state index in [0.717, 1.165) is 11.6 Å². The first kappa shape index (κ1) is 16.7. The van der Waals surface area contributed by atoms with Crippen LogP contribution in [0.5, 0.6) is 5.75 Å². The van der Waals surface area contributed by atoms with E-state index in [0.29, 0.717) is 5.75 Å². The van der Waals surface area contributed by atoms with Crippen molar-refractivity contribution >= 4 is 14.0 Å². The highest BCUT2D eigenvalue weighted by Crippen LogP contribution is 2.37. The lowest BCUT2D eigenvalue weighted by molar-refractivity contribution is -0.142. The third-order valence-electron chi connectivity index (χ3n) is 3.59. The van der Waals surface area contributed by atoms with Crippen LogP contribution in [0.25, 0.3) is 0 Å². The molecule has 0 N–H and O–H groups in total. The van der Waals surface area contributed by atoms with E-state index in [9.17, 15) is 4.79 Å². The van der Waals surface area contributed by atoms with Crippen LogP contribution in [-0.4, -0.2) is 14.0 Å². The minimum Gasteiger partial charge on any atom is -0.426 e. The van der Waals surface area contributed by atoms with Crippen molar-refractivity contribution in [3.8, 4) is 5.75 Å². The van der Waals surface area contributed by atoms with Gasteiger partial charge in [-0.25, -0.2) is 0 Å². The van der Waals surface area contributed by atoms with E-state index < -0.39 is 13.5 Å². The Morgan fingerprint density at radius 3 is 2.25 bits per heavy atom. The summed E-state index contributed by atoms with van der Waals surface area (Å²) in [5, 5.41) is 0. The second kappa shape index (κ2) is 6.40. The molecule has 0 heterocycles. The minimum absolute atomic E-state index is 0.151. The van der Waals surface area contributed by atoms with Crippen molar-refractivity contribution in [1.29, 1.82) is 0 Å². The quantitative estimate of drug-likeness (QED) is 0.333. The third kappa shape index (κ3) is 4.34. The molecular formula is C17H26O2Si.